The Kier molecular flexibility index (Phi) is 5.34. The lowest BCUT2D eigenvalue weighted by molar-refractivity contribution is -0.130. The van der Waals surface area contributed by atoms with Crippen LogP contribution in [0.5, 0.6) is 0 Å². The SMILES string of the molecule is Cc1nc(C2CCN(C(=O)CCc3ccc4c(c3)n(C)c(=O)n4C)C2)ncc1C(N)=O. The molecule has 0 spiro atoms. The highest BCUT2D eigenvalue weighted by Crippen LogP contribution is 2.26. The molecule has 0 saturated carbocycles. The fraction of sp³-hybridized carbons (Fsp3) is 0.409. The van der Waals surface area contributed by atoms with Crippen molar-refractivity contribution in [1.82, 2.24) is 24.0 Å². The van der Waals surface area contributed by atoms with Crippen molar-refractivity contribution in [3.63, 3.8) is 0 Å². The van der Waals surface area contributed by atoms with Crippen molar-refractivity contribution in [1.29, 1.82) is 0 Å². The molecule has 9 nitrogen and oxygen atoms in total. The molecule has 0 bridgehead atoms. The number of rotatable bonds is 5. The zero-order chi connectivity index (χ0) is 22.3. The predicted octanol–water partition coefficient (Wildman–Crippen LogP) is 1.02. The molecule has 9 heteroatoms. The summed E-state index contributed by atoms with van der Waals surface area (Å²) in [6.07, 6.45) is 3.28. The van der Waals surface area contributed by atoms with Crippen molar-refractivity contribution in [2.24, 2.45) is 19.8 Å². The average Bonchev–Trinajstić information content (AvgIpc) is 3.32. The number of benzene rings is 1. The van der Waals surface area contributed by atoms with Crippen LogP contribution in [0.1, 0.15) is 46.2 Å². The molecular weight excluding hydrogens is 396 g/mol. The molecular formula is C22H26N6O3. The van der Waals surface area contributed by atoms with Gasteiger partial charge in [-0.25, -0.2) is 14.8 Å². The van der Waals surface area contributed by atoms with Gasteiger partial charge in [0.2, 0.25) is 5.91 Å². The van der Waals surface area contributed by atoms with Crippen LogP contribution < -0.4 is 11.4 Å². The van der Waals surface area contributed by atoms with Crippen LogP contribution in [0.2, 0.25) is 0 Å². The second-order valence-corrected chi connectivity index (χ2v) is 8.14. The van der Waals surface area contributed by atoms with E-state index in [9.17, 15) is 14.4 Å². The van der Waals surface area contributed by atoms with Crippen LogP contribution in [0.4, 0.5) is 0 Å². The van der Waals surface area contributed by atoms with Crippen LogP contribution >= 0.6 is 0 Å². The van der Waals surface area contributed by atoms with Crippen molar-refractivity contribution >= 4 is 22.8 Å². The van der Waals surface area contributed by atoms with Gasteiger partial charge >= 0.3 is 5.69 Å². The van der Waals surface area contributed by atoms with Crippen molar-refractivity contribution in [2.45, 2.75) is 32.1 Å². The van der Waals surface area contributed by atoms with Crippen LogP contribution in [-0.2, 0) is 25.3 Å². The smallest absolute Gasteiger partial charge is 0.328 e. The molecule has 1 unspecified atom stereocenters. The maximum Gasteiger partial charge on any atom is 0.328 e. The lowest BCUT2D eigenvalue weighted by Crippen LogP contribution is -2.28. The van der Waals surface area contributed by atoms with Gasteiger partial charge in [0, 0.05) is 45.7 Å². The number of imidazole rings is 1. The average molecular weight is 422 g/mol. The Morgan fingerprint density at radius 1 is 1.19 bits per heavy atom. The Hall–Kier alpha value is -3.49. The number of aryl methyl sites for hydroxylation is 4. The summed E-state index contributed by atoms with van der Waals surface area (Å²) in [4.78, 5) is 46.8. The van der Waals surface area contributed by atoms with E-state index in [1.807, 2.05) is 23.1 Å². The molecule has 2 N–H and O–H groups in total. The number of likely N-dealkylation sites (tertiary alicyclic amines) is 1. The topological polar surface area (TPSA) is 116 Å². The van der Waals surface area contributed by atoms with Gasteiger partial charge in [-0.05, 0) is 37.5 Å². The number of fused-ring (bicyclic) bond motifs is 1. The summed E-state index contributed by atoms with van der Waals surface area (Å²) in [6.45, 7) is 2.97. The number of carbonyl (C=O) groups is 2. The monoisotopic (exact) mass is 422 g/mol. The fourth-order valence-corrected chi connectivity index (χ4v) is 4.24. The molecule has 2 aromatic heterocycles. The van der Waals surface area contributed by atoms with E-state index >= 15 is 0 Å². The van der Waals surface area contributed by atoms with Gasteiger partial charge in [0.1, 0.15) is 5.82 Å². The standard InChI is InChI=1S/C22H26N6O3/c1-13-16(20(23)30)11-24-21(25-13)15-8-9-28(12-15)19(29)7-5-14-4-6-17-18(10-14)27(3)22(31)26(17)2/h4,6,10-11,15H,5,7-9,12H2,1-3H3,(H2,23,30). The van der Waals surface area contributed by atoms with Gasteiger partial charge in [-0.1, -0.05) is 6.07 Å². The Labute approximate surface area is 179 Å². The lowest BCUT2D eigenvalue weighted by Gasteiger charge is -2.16. The normalized spacial score (nSPS) is 16.2. The van der Waals surface area contributed by atoms with Crippen LogP contribution in [0.15, 0.2) is 29.2 Å². The minimum atomic E-state index is -0.541. The molecule has 0 radical (unpaired) electrons. The van der Waals surface area contributed by atoms with Crippen LogP contribution in [0.3, 0.4) is 0 Å². The number of nitrogens with two attached hydrogens (primary N) is 1. The molecule has 0 aliphatic carbocycles. The Bertz CT molecular complexity index is 1240. The van der Waals surface area contributed by atoms with E-state index in [4.69, 9.17) is 5.73 Å². The number of carbonyl (C=O) groups excluding carboxylic acids is 2. The molecule has 1 aliphatic heterocycles. The van der Waals surface area contributed by atoms with Crippen molar-refractivity contribution in [3.05, 3.63) is 57.5 Å². The highest BCUT2D eigenvalue weighted by molar-refractivity contribution is 5.93. The van der Waals surface area contributed by atoms with E-state index in [0.29, 0.717) is 43.0 Å². The second-order valence-electron chi connectivity index (χ2n) is 8.14. The largest absolute Gasteiger partial charge is 0.365 e. The maximum atomic E-state index is 12.8. The number of primary amides is 1. The number of nitrogens with zero attached hydrogens (tertiary/aromatic N) is 5. The number of aromatic nitrogens is 4. The maximum absolute atomic E-state index is 12.8. The summed E-state index contributed by atoms with van der Waals surface area (Å²) < 4.78 is 3.24. The van der Waals surface area contributed by atoms with Crippen molar-refractivity contribution in [3.8, 4) is 0 Å². The molecule has 1 fully saturated rings. The van der Waals surface area contributed by atoms with Gasteiger partial charge in [0.25, 0.3) is 5.91 Å². The summed E-state index contributed by atoms with van der Waals surface area (Å²) in [5, 5.41) is 0. The van der Waals surface area contributed by atoms with E-state index in [1.165, 1.54) is 6.20 Å². The van der Waals surface area contributed by atoms with Gasteiger partial charge in [-0.2, -0.15) is 0 Å². The number of amides is 2. The zero-order valence-electron chi connectivity index (χ0n) is 18.0. The van der Waals surface area contributed by atoms with Crippen LogP contribution in [0.25, 0.3) is 11.0 Å². The van der Waals surface area contributed by atoms with E-state index in [1.54, 1.807) is 30.2 Å². The summed E-state index contributed by atoms with van der Waals surface area (Å²) in [7, 11) is 3.51. The lowest BCUT2D eigenvalue weighted by atomic mass is 10.1. The molecule has 162 valence electrons. The molecule has 4 rings (SSSR count). The van der Waals surface area contributed by atoms with Gasteiger partial charge < -0.3 is 10.6 Å². The molecule has 2 amide bonds. The molecule has 3 heterocycles. The third-order valence-corrected chi connectivity index (χ3v) is 6.13. The first-order chi connectivity index (χ1) is 14.8. The van der Waals surface area contributed by atoms with Gasteiger partial charge in [-0.15, -0.1) is 0 Å². The van der Waals surface area contributed by atoms with E-state index in [-0.39, 0.29) is 17.5 Å². The van der Waals surface area contributed by atoms with Crippen molar-refractivity contribution in [2.75, 3.05) is 13.1 Å². The quantitative estimate of drug-likeness (QED) is 0.659. The Morgan fingerprint density at radius 3 is 2.65 bits per heavy atom. The van der Waals surface area contributed by atoms with Crippen LogP contribution in [-0.4, -0.2) is 48.9 Å². The minimum Gasteiger partial charge on any atom is -0.365 e. The highest BCUT2D eigenvalue weighted by Gasteiger charge is 2.29. The zero-order valence-corrected chi connectivity index (χ0v) is 18.0. The fourth-order valence-electron chi connectivity index (χ4n) is 4.24. The van der Waals surface area contributed by atoms with E-state index in [0.717, 1.165) is 23.0 Å². The summed E-state index contributed by atoms with van der Waals surface area (Å²) in [6, 6.07) is 5.88. The first-order valence-electron chi connectivity index (χ1n) is 10.3. The Balaban J connectivity index is 1.39. The summed E-state index contributed by atoms with van der Waals surface area (Å²) in [5.74, 6) is 0.254. The first-order valence-corrected chi connectivity index (χ1v) is 10.3. The Morgan fingerprint density at radius 2 is 1.94 bits per heavy atom. The van der Waals surface area contributed by atoms with Gasteiger partial charge in [0.05, 0.1) is 22.3 Å². The van der Waals surface area contributed by atoms with Crippen molar-refractivity contribution < 1.29 is 9.59 Å². The van der Waals surface area contributed by atoms with Gasteiger partial charge in [0.15, 0.2) is 0 Å². The number of hydrogen-bond acceptors (Lipinski definition) is 5. The van der Waals surface area contributed by atoms with E-state index in [2.05, 4.69) is 9.97 Å². The second kappa shape index (κ2) is 7.98. The molecule has 1 aromatic carbocycles. The number of hydrogen-bond donors (Lipinski definition) is 1. The predicted molar refractivity (Wildman–Crippen MR) is 116 cm³/mol. The third kappa shape index (κ3) is 3.83. The third-order valence-electron chi connectivity index (χ3n) is 6.13. The van der Waals surface area contributed by atoms with E-state index < -0.39 is 5.91 Å². The molecule has 31 heavy (non-hydrogen) atoms. The molecule has 1 atom stereocenters. The summed E-state index contributed by atoms with van der Waals surface area (Å²) >= 11 is 0. The van der Waals surface area contributed by atoms with Gasteiger partial charge in [-0.3, -0.25) is 18.7 Å². The molecule has 3 aromatic rings. The molecule has 1 aliphatic rings. The summed E-state index contributed by atoms with van der Waals surface area (Å²) in [5.41, 5.74) is 8.91. The molecule has 1 saturated heterocycles. The first kappa shape index (κ1) is 20.8. The minimum absolute atomic E-state index is 0.0553. The highest BCUT2D eigenvalue weighted by atomic mass is 16.2. The van der Waals surface area contributed by atoms with Crippen LogP contribution in [0, 0.1) is 6.92 Å².